The van der Waals surface area contributed by atoms with Crippen molar-refractivity contribution in [2.24, 2.45) is 0 Å². The molecule has 168 valence electrons. The van der Waals surface area contributed by atoms with Gasteiger partial charge in [0.25, 0.3) is 0 Å². The molecule has 4 N–H and O–H groups in total. The number of rotatable bonds is 4. The monoisotopic (exact) mass is 458 g/mol. The molecule has 31 heavy (non-hydrogen) atoms. The molecule has 0 spiro atoms. The molecule has 2 aromatic carbocycles. The van der Waals surface area contributed by atoms with Crippen LogP contribution in [0.3, 0.4) is 0 Å². The molecule has 0 amide bonds. The standard InChI is InChI=1S/C15H8F6N2O8/c16-14(17,18)13(15(19,20)21,5-1-7(22(28)29)11(26)9(24)3-5)6-2-8(23(30)31)12(27)10(25)4-6/h1-4,24-27H. The van der Waals surface area contributed by atoms with Crippen molar-refractivity contribution >= 4 is 11.4 Å². The van der Waals surface area contributed by atoms with E-state index in [2.05, 4.69) is 0 Å². The Balaban J connectivity index is 3.16. The van der Waals surface area contributed by atoms with Crippen LogP contribution < -0.4 is 0 Å². The van der Waals surface area contributed by atoms with Gasteiger partial charge in [-0.05, 0) is 23.3 Å². The molecule has 0 aromatic heterocycles. The molecular weight excluding hydrogens is 450 g/mol. The Morgan fingerprint density at radius 2 is 0.935 bits per heavy atom. The van der Waals surface area contributed by atoms with E-state index in [1.807, 2.05) is 0 Å². The summed E-state index contributed by atoms with van der Waals surface area (Å²) >= 11 is 0. The molecule has 0 aliphatic rings. The summed E-state index contributed by atoms with van der Waals surface area (Å²) in [4.78, 5) is 18.7. The molecule has 0 unspecified atom stereocenters. The van der Waals surface area contributed by atoms with Crippen LogP contribution in [0.5, 0.6) is 23.0 Å². The number of nitro groups is 2. The lowest BCUT2D eigenvalue weighted by Gasteiger charge is -2.38. The van der Waals surface area contributed by atoms with Gasteiger partial charge in [0, 0.05) is 12.1 Å². The van der Waals surface area contributed by atoms with Gasteiger partial charge in [-0.1, -0.05) is 0 Å². The Kier molecular flexibility index (Phi) is 5.31. The minimum atomic E-state index is -6.42. The molecule has 2 rings (SSSR count). The third-order valence-corrected chi connectivity index (χ3v) is 4.25. The average Bonchev–Trinajstić information content (AvgIpc) is 2.58. The minimum Gasteiger partial charge on any atom is -0.504 e. The maximum Gasteiger partial charge on any atom is 0.411 e. The molecule has 0 aliphatic carbocycles. The highest BCUT2D eigenvalue weighted by atomic mass is 19.4. The first kappa shape index (κ1) is 23.3. The number of nitro benzene ring substituents is 2. The van der Waals surface area contributed by atoms with E-state index < -0.39 is 73.1 Å². The number of hydrogen-bond acceptors (Lipinski definition) is 8. The van der Waals surface area contributed by atoms with Crippen LogP contribution in [0.2, 0.25) is 0 Å². The van der Waals surface area contributed by atoms with E-state index >= 15 is 0 Å². The van der Waals surface area contributed by atoms with Crippen LogP contribution in [0.15, 0.2) is 24.3 Å². The number of nitrogens with zero attached hydrogens (tertiary/aromatic N) is 2. The van der Waals surface area contributed by atoms with Crippen LogP contribution >= 0.6 is 0 Å². The van der Waals surface area contributed by atoms with Gasteiger partial charge in [0.15, 0.2) is 11.5 Å². The fourth-order valence-corrected chi connectivity index (χ4v) is 2.90. The molecule has 16 heteroatoms. The molecule has 10 nitrogen and oxygen atoms in total. The van der Waals surface area contributed by atoms with Crippen LogP contribution in [-0.2, 0) is 5.41 Å². The van der Waals surface area contributed by atoms with E-state index in [1.54, 1.807) is 0 Å². The van der Waals surface area contributed by atoms with E-state index in [0.29, 0.717) is 0 Å². The van der Waals surface area contributed by atoms with E-state index in [-0.39, 0.29) is 24.3 Å². The van der Waals surface area contributed by atoms with Crippen molar-refractivity contribution in [2.75, 3.05) is 0 Å². The highest BCUT2D eigenvalue weighted by molar-refractivity contribution is 5.64. The maximum absolute atomic E-state index is 14.0. The first-order valence-corrected chi connectivity index (χ1v) is 7.52. The number of phenolic OH excluding ortho intramolecular Hbond substituents is 4. The molecule has 0 aliphatic heterocycles. The number of benzene rings is 2. The zero-order valence-corrected chi connectivity index (χ0v) is 14.4. The van der Waals surface area contributed by atoms with Gasteiger partial charge in [-0.15, -0.1) is 0 Å². The summed E-state index contributed by atoms with van der Waals surface area (Å²) in [5.41, 5.74) is -12.8. The molecule has 0 heterocycles. The smallest absolute Gasteiger partial charge is 0.411 e. The molecule has 0 radical (unpaired) electrons. The largest absolute Gasteiger partial charge is 0.504 e. The van der Waals surface area contributed by atoms with Gasteiger partial charge in [0.2, 0.25) is 16.9 Å². The fraction of sp³-hybridized carbons (Fsp3) is 0.200. The van der Waals surface area contributed by atoms with Crippen molar-refractivity contribution in [1.29, 1.82) is 0 Å². The molecule has 2 aromatic rings. The van der Waals surface area contributed by atoms with E-state index in [9.17, 15) is 67.0 Å². The van der Waals surface area contributed by atoms with Crippen LogP contribution in [0.25, 0.3) is 0 Å². The van der Waals surface area contributed by atoms with Crippen molar-refractivity contribution in [3.05, 3.63) is 55.6 Å². The minimum absolute atomic E-state index is 0.265. The Morgan fingerprint density at radius 3 is 1.16 bits per heavy atom. The molecule has 0 fully saturated rings. The summed E-state index contributed by atoms with van der Waals surface area (Å²) < 4.78 is 84.1. The van der Waals surface area contributed by atoms with Crippen LogP contribution in [0, 0.1) is 20.2 Å². The van der Waals surface area contributed by atoms with Crippen molar-refractivity contribution < 1.29 is 56.6 Å². The Labute approximate surface area is 165 Å². The van der Waals surface area contributed by atoms with Crippen molar-refractivity contribution in [3.63, 3.8) is 0 Å². The van der Waals surface area contributed by atoms with E-state index in [1.165, 1.54) is 0 Å². The second-order valence-corrected chi connectivity index (χ2v) is 5.99. The van der Waals surface area contributed by atoms with E-state index in [4.69, 9.17) is 0 Å². The predicted molar refractivity (Wildman–Crippen MR) is 85.7 cm³/mol. The van der Waals surface area contributed by atoms with Gasteiger partial charge < -0.3 is 20.4 Å². The molecule has 0 bridgehead atoms. The quantitative estimate of drug-likeness (QED) is 0.233. The first-order valence-electron chi connectivity index (χ1n) is 7.52. The summed E-state index contributed by atoms with van der Waals surface area (Å²) in [7, 11) is 0. The SMILES string of the molecule is O=[N+]([O-])c1cc(C(c2cc(O)c(O)c([N+](=O)[O-])c2)(C(F)(F)F)C(F)(F)F)cc(O)c1O. The van der Waals surface area contributed by atoms with Gasteiger partial charge in [-0.25, -0.2) is 0 Å². The van der Waals surface area contributed by atoms with Gasteiger partial charge in [-0.3, -0.25) is 20.2 Å². The lowest BCUT2D eigenvalue weighted by molar-refractivity contribution is -0.386. The van der Waals surface area contributed by atoms with Crippen LogP contribution in [0.1, 0.15) is 11.1 Å². The number of phenols is 4. The summed E-state index contributed by atoms with van der Waals surface area (Å²) in [6.07, 6.45) is -12.8. The van der Waals surface area contributed by atoms with Gasteiger partial charge in [-0.2, -0.15) is 26.3 Å². The highest BCUT2D eigenvalue weighted by Gasteiger charge is 2.73. The number of alkyl halides is 6. The average molecular weight is 458 g/mol. The molecule has 0 saturated heterocycles. The molecule has 0 saturated carbocycles. The third kappa shape index (κ3) is 3.44. The number of halogens is 6. The lowest BCUT2D eigenvalue weighted by atomic mass is 9.72. The summed E-state index contributed by atoms with van der Waals surface area (Å²) in [5, 5.41) is 59.8. The maximum atomic E-state index is 14.0. The van der Waals surface area contributed by atoms with Crippen molar-refractivity contribution in [1.82, 2.24) is 0 Å². The lowest BCUT2D eigenvalue weighted by Crippen LogP contribution is -2.54. The zero-order chi connectivity index (χ0) is 24.1. The zero-order valence-electron chi connectivity index (χ0n) is 14.4. The summed E-state index contributed by atoms with van der Waals surface area (Å²) in [6, 6.07) is -1.18. The topological polar surface area (TPSA) is 167 Å². The van der Waals surface area contributed by atoms with E-state index in [0.717, 1.165) is 0 Å². The Hall–Kier alpha value is -3.98. The van der Waals surface area contributed by atoms with Crippen molar-refractivity contribution in [3.8, 4) is 23.0 Å². The number of hydrogen-bond donors (Lipinski definition) is 4. The van der Waals surface area contributed by atoms with Crippen LogP contribution in [-0.4, -0.2) is 42.6 Å². The highest BCUT2D eigenvalue weighted by Crippen LogP contribution is 2.59. The number of aromatic hydroxyl groups is 4. The second-order valence-electron chi connectivity index (χ2n) is 5.99. The summed E-state index contributed by atoms with van der Waals surface area (Å²) in [5.74, 6) is -6.71. The van der Waals surface area contributed by atoms with Gasteiger partial charge in [0.1, 0.15) is 0 Å². The fourth-order valence-electron chi connectivity index (χ4n) is 2.90. The van der Waals surface area contributed by atoms with Crippen LogP contribution in [0.4, 0.5) is 37.7 Å². The molecular formula is C15H8F6N2O8. The third-order valence-electron chi connectivity index (χ3n) is 4.25. The second kappa shape index (κ2) is 7.06. The van der Waals surface area contributed by atoms with Crippen molar-refractivity contribution in [2.45, 2.75) is 17.8 Å². The predicted octanol–water partition coefficient (Wildman–Crippen LogP) is 3.74. The Morgan fingerprint density at radius 1 is 0.645 bits per heavy atom. The van der Waals surface area contributed by atoms with Gasteiger partial charge in [0.05, 0.1) is 9.85 Å². The first-order chi connectivity index (χ1) is 14.0. The Bertz CT molecular complexity index is 997. The normalized spacial score (nSPS) is 12.6. The van der Waals surface area contributed by atoms with Gasteiger partial charge >= 0.3 is 23.7 Å². The molecule has 0 atom stereocenters. The summed E-state index contributed by atoms with van der Waals surface area (Å²) in [6.45, 7) is 0.